The van der Waals surface area contributed by atoms with Crippen LogP contribution in [0.2, 0.25) is 0 Å². The van der Waals surface area contributed by atoms with Crippen LogP contribution in [0, 0.1) is 12.8 Å². The molecule has 1 saturated heterocycles. The molecule has 3 rings (SSSR count). The van der Waals surface area contributed by atoms with E-state index in [0.29, 0.717) is 13.1 Å². The number of carbonyl (C=O) groups is 2. The summed E-state index contributed by atoms with van der Waals surface area (Å²) >= 11 is 0. The van der Waals surface area contributed by atoms with Gasteiger partial charge in [-0.05, 0) is 37.1 Å². The lowest BCUT2D eigenvalue weighted by atomic mass is 10.1. The van der Waals surface area contributed by atoms with Gasteiger partial charge in [0, 0.05) is 25.8 Å². The highest BCUT2D eigenvalue weighted by molar-refractivity contribution is 7.90. The zero-order valence-electron chi connectivity index (χ0n) is 16.9. The van der Waals surface area contributed by atoms with Crippen LogP contribution in [0.5, 0.6) is 0 Å². The number of carbonyl (C=O) groups excluding carboxylic acids is 2. The van der Waals surface area contributed by atoms with E-state index in [-0.39, 0.29) is 35.1 Å². The van der Waals surface area contributed by atoms with E-state index in [1.54, 1.807) is 17.0 Å². The topological polar surface area (TPSA) is 83.6 Å². The fraction of sp³-hybridized carbons (Fsp3) is 0.364. The highest BCUT2D eigenvalue weighted by atomic mass is 32.2. The molecular weight excluding hydrogens is 388 g/mol. The fourth-order valence-corrected chi connectivity index (χ4v) is 4.06. The summed E-state index contributed by atoms with van der Waals surface area (Å²) in [6.07, 6.45) is 1.37. The molecule has 2 amide bonds. The van der Waals surface area contributed by atoms with E-state index in [1.807, 2.05) is 38.1 Å². The minimum Gasteiger partial charge on any atom is -0.349 e. The van der Waals surface area contributed by atoms with Crippen molar-refractivity contribution >= 4 is 21.7 Å². The molecule has 0 aliphatic carbocycles. The van der Waals surface area contributed by atoms with E-state index in [0.717, 1.165) is 22.9 Å². The summed E-state index contributed by atoms with van der Waals surface area (Å²) in [5, 5.41) is 2.94. The van der Waals surface area contributed by atoms with Crippen molar-refractivity contribution in [2.45, 2.75) is 37.8 Å². The summed E-state index contributed by atoms with van der Waals surface area (Å²) in [4.78, 5) is 27.0. The number of nitrogens with one attached hydrogen (secondary N) is 1. The number of sulfone groups is 1. The van der Waals surface area contributed by atoms with E-state index < -0.39 is 9.84 Å². The summed E-state index contributed by atoms with van der Waals surface area (Å²) in [6.45, 7) is 4.76. The summed E-state index contributed by atoms with van der Waals surface area (Å²) in [6, 6.07) is 14.2. The first-order chi connectivity index (χ1) is 13.6. The van der Waals surface area contributed by atoms with Crippen LogP contribution >= 0.6 is 0 Å². The first-order valence-electron chi connectivity index (χ1n) is 9.57. The van der Waals surface area contributed by atoms with Gasteiger partial charge in [-0.3, -0.25) is 9.59 Å². The highest BCUT2D eigenvalue weighted by Crippen LogP contribution is 2.22. The number of likely N-dealkylation sites (tertiary alicyclic amines) is 1. The molecule has 1 heterocycles. The largest absolute Gasteiger partial charge is 0.349 e. The molecular formula is C22H26N2O4S. The maximum atomic E-state index is 12.7. The van der Waals surface area contributed by atoms with Crippen LogP contribution in [0.15, 0.2) is 53.4 Å². The van der Waals surface area contributed by atoms with Gasteiger partial charge in [0.25, 0.3) is 0 Å². The Bertz CT molecular complexity index is 998. The summed E-state index contributed by atoms with van der Waals surface area (Å²) in [7, 11) is -3.25. The second-order valence-electron chi connectivity index (χ2n) is 7.73. The van der Waals surface area contributed by atoms with Gasteiger partial charge < -0.3 is 10.2 Å². The van der Waals surface area contributed by atoms with Gasteiger partial charge in [0.1, 0.15) is 0 Å². The van der Waals surface area contributed by atoms with Gasteiger partial charge in [-0.2, -0.15) is 0 Å². The second-order valence-corrected chi connectivity index (χ2v) is 9.75. The number of aryl methyl sites for hydroxylation is 1. The minimum absolute atomic E-state index is 0.0177. The Morgan fingerprint density at radius 1 is 1.14 bits per heavy atom. The molecule has 6 nitrogen and oxygen atoms in total. The quantitative estimate of drug-likeness (QED) is 0.788. The third kappa shape index (κ3) is 5.23. The second kappa shape index (κ2) is 8.37. The van der Waals surface area contributed by atoms with Crippen LogP contribution in [0.1, 0.15) is 36.1 Å². The van der Waals surface area contributed by atoms with Gasteiger partial charge in [-0.15, -0.1) is 0 Å². The Labute approximate surface area is 171 Å². The van der Waals surface area contributed by atoms with E-state index in [2.05, 4.69) is 5.32 Å². The van der Waals surface area contributed by atoms with Crippen molar-refractivity contribution in [2.24, 2.45) is 5.92 Å². The van der Waals surface area contributed by atoms with Crippen LogP contribution in [0.4, 0.5) is 0 Å². The van der Waals surface area contributed by atoms with E-state index in [1.165, 1.54) is 12.1 Å². The van der Waals surface area contributed by atoms with Gasteiger partial charge in [0.15, 0.2) is 9.84 Å². The molecule has 1 fully saturated rings. The van der Waals surface area contributed by atoms with Crippen molar-refractivity contribution < 1.29 is 18.0 Å². The Morgan fingerprint density at radius 2 is 1.76 bits per heavy atom. The molecule has 154 valence electrons. The molecule has 0 saturated carbocycles. The molecule has 0 spiro atoms. The van der Waals surface area contributed by atoms with Gasteiger partial charge in [-0.25, -0.2) is 8.42 Å². The van der Waals surface area contributed by atoms with Crippen LogP contribution in [-0.2, 0) is 26.0 Å². The molecule has 7 heteroatoms. The highest BCUT2D eigenvalue weighted by Gasteiger charge is 2.34. The molecule has 0 unspecified atom stereocenters. The van der Waals surface area contributed by atoms with E-state index in [9.17, 15) is 18.0 Å². The predicted octanol–water partition coefficient (Wildman–Crippen LogP) is 2.62. The van der Waals surface area contributed by atoms with Crippen LogP contribution in [-0.4, -0.2) is 37.9 Å². The minimum atomic E-state index is -3.25. The molecule has 2 atom stereocenters. The van der Waals surface area contributed by atoms with Gasteiger partial charge in [0.05, 0.1) is 16.9 Å². The molecule has 1 aliphatic rings. The molecule has 1 N–H and O–H groups in total. The number of rotatable bonds is 6. The van der Waals surface area contributed by atoms with Crippen molar-refractivity contribution in [3.63, 3.8) is 0 Å². The van der Waals surface area contributed by atoms with Gasteiger partial charge in [-0.1, -0.05) is 42.0 Å². The van der Waals surface area contributed by atoms with Crippen LogP contribution in [0.3, 0.4) is 0 Å². The Balaban J connectivity index is 1.59. The van der Waals surface area contributed by atoms with Gasteiger partial charge >= 0.3 is 0 Å². The Morgan fingerprint density at radius 3 is 2.34 bits per heavy atom. The molecule has 0 bridgehead atoms. The lowest BCUT2D eigenvalue weighted by Crippen LogP contribution is -2.34. The number of hydrogen-bond acceptors (Lipinski definition) is 4. The third-order valence-corrected chi connectivity index (χ3v) is 6.37. The lowest BCUT2D eigenvalue weighted by Gasteiger charge is -2.19. The fourth-order valence-electron chi connectivity index (χ4n) is 3.43. The first kappa shape index (κ1) is 21.0. The molecule has 2 aromatic carbocycles. The third-order valence-electron chi connectivity index (χ3n) is 5.25. The average molecular weight is 415 g/mol. The number of amides is 2. The zero-order chi connectivity index (χ0) is 21.2. The average Bonchev–Trinajstić information content (AvgIpc) is 3.03. The Kier molecular flexibility index (Phi) is 6.07. The van der Waals surface area contributed by atoms with Gasteiger partial charge in [0.2, 0.25) is 11.8 Å². The number of benzene rings is 2. The number of hydrogen-bond donors (Lipinski definition) is 1. The van der Waals surface area contributed by atoms with Crippen molar-refractivity contribution in [1.29, 1.82) is 0 Å². The van der Waals surface area contributed by atoms with Crippen molar-refractivity contribution in [3.8, 4) is 0 Å². The SMILES string of the molecule is Cc1ccc(CN2C[C@@H](C(=O)N[C@H](C)c3ccc(S(C)(=O)=O)cc3)CC2=O)cc1. The van der Waals surface area contributed by atoms with E-state index >= 15 is 0 Å². The van der Waals surface area contributed by atoms with Crippen molar-refractivity contribution in [3.05, 3.63) is 65.2 Å². The van der Waals surface area contributed by atoms with E-state index in [4.69, 9.17) is 0 Å². The molecule has 1 aliphatic heterocycles. The van der Waals surface area contributed by atoms with Crippen LogP contribution < -0.4 is 5.32 Å². The predicted molar refractivity (Wildman–Crippen MR) is 111 cm³/mol. The summed E-state index contributed by atoms with van der Waals surface area (Å²) in [5.41, 5.74) is 3.02. The molecule has 2 aromatic rings. The molecule has 0 aromatic heterocycles. The van der Waals surface area contributed by atoms with Crippen LogP contribution in [0.25, 0.3) is 0 Å². The maximum absolute atomic E-state index is 12.7. The lowest BCUT2D eigenvalue weighted by molar-refractivity contribution is -0.129. The maximum Gasteiger partial charge on any atom is 0.225 e. The summed E-state index contributed by atoms with van der Waals surface area (Å²) < 4.78 is 23.1. The van der Waals surface area contributed by atoms with Crippen molar-refractivity contribution in [1.82, 2.24) is 10.2 Å². The zero-order valence-corrected chi connectivity index (χ0v) is 17.7. The summed E-state index contributed by atoms with van der Waals surface area (Å²) in [5.74, 6) is -0.564. The number of nitrogens with zero attached hydrogens (tertiary/aromatic N) is 1. The standard InChI is InChI=1S/C22H26N2O4S/c1-15-4-6-17(7-5-15)13-24-14-19(12-21(24)25)22(26)23-16(2)18-8-10-20(11-9-18)29(3,27)28/h4-11,16,19H,12-14H2,1-3H3,(H,23,26)/t16-,19+/m1/s1. The molecule has 0 radical (unpaired) electrons. The monoisotopic (exact) mass is 414 g/mol. The smallest absolute Gasteiger partial charge is 0.225 e. The normalized spacial score (nSPS) is 18.0. The Hall–Kier alpha value is -2.67. The first-order valence-corrected chi connectivity index (χ1v) is 11.5. The van der Waals surface area contributed by atoms with Crippen molar-refractivity contribution in [2.75, 3.05) is 12.8 Å². The molecule has 29 heavy (non-hydrogen) atoms.